The molecule has 142 valence electrons. The third-order valence-electron chi connectivity index (χ3n) is 5.34. The molecule has 0 bridgehead atoms. The normalized spacial score (nSPS) is 17.6. The maximum atomic E-state index is 12.4. The van der Waals surface area contributed by atoms with Crippen LogP contribution in [0.5, 0.6) is 0 Å². The maximum absolute atomic E-state index is 12.4. The minimum atomic E-state index is -0.133. The van der Waals surface area contributed by atoms with Gasteiger partial charge in [-0.25, -0.2) is 4.79 Å². The van der Waals surface area contributed by atoms with E-state index in [1.165, 1.54) is 17.7 Å². The molecule has 0 spiro atoms. The van der Waals surface area contributed by atoms with E-state index in [0.717, 1.165) is 18.5 Å². The van der Waals surface area contributed by atoms with Crippen LogP contribution in [0.3, 0.4) is 0 Å². The van der Waals surface area contributed by atoms with Crippen molar-refractivity contribution in [2.75, 3.05) is 38.2 Å². The van der Waals surface area contributed by atoms with E-state index < -0.39 is 0 Å². The summed E-state index contributed by atoms with van der Waals surface area (Å²) in [5.41, 5.74) is 3.79. The van der Waals surface area contributed by atoms with Crippen molar-refractivity contribution in [1.29, 1.82) is 0 Å². The van der Waals surface area contributed by atoms with E-state index in [4.69, 9.17) is 4.74 Å². The van der Waals surface area contributed by atoms with E-state index in [1.54, 1.807) is 4.90 Å². The first kappa shape index (κ1) is 18.5. The van der Waals surface area contributed by atoms with Crippen LogP contribution in [0.2, 0.25) is 0 Å². The molecule has 6 nitrogen and oxygen atoms in total. The summed E-state index contributed by atoms with van der Waals surface area (Å²) in [6.07, 6.45) is 3.63. The second kappa shape index (κ2) is 8.43. The summed E-state index contributed by atoms with van der Waals surface area (Å²) in [6, 6.07) is 6.40. The number of amides is 2. The van der Waals surface area contributed by atoms with E-state index >= 15 is 0 Å². The van der Waals surface area contributed by atoms with Crippen molar-refractivity contribution in [1.82, 2.24) is 10.2 Å². The fourth-order valence-corrected chi connectivity index (χ4v) is 3.82. The number of hydrogen-bond acceptors (Lipinski definition) is 4. The van der Waals surface area contributed by atoms with Crippen molar-refractivity contribution in [3.8, 4) is 0 Å². The average molecular weight is 359 g/mol. The van der Waals surface area contributed by atoms with Crippen LogP contribution in [0.25, 0.3) is 0 Å². The zero-order chi connectivity index (χ0) is 18.5. The van der Waals surface area contributed by atoms with Gasteiger partial charge in [0.1, 0.15) is 0 Å². The SMILES string of the molecule is CCOC(=O)C1CCN(C(=O)NCc2ccc3c(c2)CCCN3C)CC1. The molecule has 2 aliphatic rings. The van der Waals surface area contributed by atoms with Crippen molar-refractivity contribution in [3.63, 3.8) is 0 Å². The lowest BCUT2D eigenvalue weighted by Gasteiger charge is -2.31. The number of fused-ring (bicyclic) bond motifs is 1. The average Bonchev–Trinajstić information content (AvgIpc) is 2.66. The topological polar surface area (TPSA) is 61.9 Å². The third kappa shape index (κ3) is 4.29. The summed E-state index contributed by atoms with van der Waals surface area (Å²) in [7, 11) is 2.12. The van der Waals surface area contributed by atoms with Gasteiger partial charge in [0.05, 0.1) is 12.5 Å². The van der Waals surface area contributed by atoms with Gasteiger partial charge in [-0.3, -0.25) is 4.79 Å². The van der Waals surface area contributed by atoms with Gasteiger partial charge < -0.3 is 19.9 Å². The summed E-state index contributed by atoms with van der Waals surface area (Å²) in [4.78, 5) is 28.3. The summed E-state index contributed by atoms with van der Waals surface area (Å²) >= 11 is 0. The molecule has 1 N–H and O–H groups in total. The predicted octanol–water partition coefficient (Wildman–Crippen LogP) is 2.55. The summed E-state index contributed by atoms with van der Waals surface area (Å²) in [5, 5.41) is 3.01. The van der Waals surface area contributed by atoms with E-state index in [1.807, 2.05) is 6.92 Å². The van der Waals surface area contributed by atoms with Crippen LogP contribution in [0.15, 0.2) is 18.2 Å². The molecule has 0 aromatic heterocycles. The van der Waals surface area contributed by atoms with Crippen molar-refractivity contribution in [2.45, 2.75) is 39.2 Å². The van der Waals surface area contributed by atoms with Crippen LogP contribution in [-0.4, -0.2) is 50.2 Å². The Kier molecular flexibility index (Phi) is 6.01. The highest BCUT2D eigenvalue weighted by Gasteiger charge is 2.28. The lowest BCUT2D eigenvalue weighted by Crippen LogP contribution is -2.45. The van der Waals surface area contributed by atoms with E-state index in [9.17, 15) is 9.59 Å². The second-order valence-corrected chi connectivity index (χ2v) is 7.16. The van der Waals surface area contributed by atoms with Gasteiger partial charge in [0.15, 0.2) is 0 Å². The second-order valence-electron chi connectivity index (χ2n) is 7.16. The Morgan fingerprint density at radius 3 is 2.73 bits per heavy atom. The number of aryl methyl sites for hydroxylation is 1. The highest BCUT2D eigenvalue weighted by Crippen LogP contribution is 2.26. The van der Waals surface area contributed by atoms with Crippen molar-refractivity contribution < 1.29 is 14.3 Å². The molecular weight excluding hydrogens is 330 g/mol. The first-order valence-corrected chi connectivity index (χ1v) is 9.61. The molecule has 1 fully saturated rings. The number of carbonyl (C=O) groups excluding carboxylic acids is 2. The fourth-order valence-electron chi connectivity index (χ4n) is 3.82. The lowest BCUT2D eigenvalue weighted by atomic mass is 9.97. The number of anilines is 1. The Morgan fingerprint density at radius 2 is 2.00 bits per heavy atom. The number of rotatable bonds is 4. The Balaban J connectivity index is 1.48. The lowest BCUT2D eigenvalue weighted by molar-refractivity contribution is -0.149. The molecule has 2 heterocycles. The molecule has 0 atom stereocenters. The van der Waals surface area contributed by atoms with Crippen LogP contribution in [-0.2, 0) is 22.5 Å². The van der Waals surface area contributed by atoms with Crippen molar-refractivity contribution in [2.24, 2.45) is 5.92 Å². The quantitative estimate of drug-likeness (QED) is 0.840. The highest BCUT2D eigenvalue weighted by atomic mass is 16.5. The number of nitrogens with one attached hydrogen (secondary N) is 1. The van der Waals surface area contributed by atoms with Gasteiger partial charge in [-0.1, -0.05) is 12.1 Å². The minimum Gasteiger partial charge on any atom is -0.466 e. The first-order chi connectivity index (χ1) is 12.6. The van der Waals surface area contributed by atoms with Gasteiger partial charge >= 0.3 is 12.0 Å². The van der Waals surface area contributed by atoms with E-state index in [0.29, 0.717) is 39.1 Å². The predicted molar refractivity (Wildman–Crippen MR) is 101 cm³/mol. The molecule has 0 radical (unpaired) electrons. The maximum Gasteiger partial charge on any atom is 0.317 e. The number of benzene rings is 1. The monoisotopic (exact) mass is 359 g/mol. The molecule has 2 aliphatic heterocycles. The standard InChI is InChI=1S/C20H29N3O3/c1-3-26-19(24)16-8-11-23(12-9-16)20(25)21-14-15-6-7-18-17(13-15)5-4-10-22(18)2/h6-7,13,16H,3-5,8-12,14H2,1-2H3,(H,21,25). The molecular formula is C20H29N3O3. The Labute approximate surface area is 155 Å². The Hall–Kier alpha value is -2.24. The third-order valence-corrected chi connectivity index (χ3v) is 5.34. The van der Waals surface area contributed by atoms with Crippen LogP contribution >= 0.6 is 0 Å². The van der Waals surface area contributed by atoms with Crippen molar-refractivity contribution in [3.05, 3.63) is 29.3 Å². The molecule has 6 heteroatoms. The number of esters is 1. The van der Waals surface area contributed by atoms with Gasteiger partial charge in [0, 0.05) is 38.9 Å². The Morgan fingerprint density at radius 1 is 1.23 bits per heavy atom. The van der Waals surface area contributed by atoms with Crippen molar-refractivity contribution >= 4 is 17.7 Å². The highest BCUT2D eigenvalue weighted by molar-refractivity contribution is 5.76. The minimum absolute atomic E-state index is 0.0536. The number of urea groups is 1. The number of ether oxygens (including phenoxy) is 1. The van der Waals surface area contributed by atoms with Gasteiger partial charge in [-0.2, -0.15) is 0 Å². The van der Waals surface area contributed by atoms with E-state index in [-0.39, 0.29) is 17.9 Å². The number of carbonyl (C=O) groups is 2. The zero-order valence-corrected chi connectivity index (χ0v) is 15.8. The molecule has 1 saturated heterocycles. The van der Waals surface area contributed by atoms with Crippen LogP contribution < -0.4 is 10.2 Å². The zero-order valence-electron chi connectivity index (χ0n) is 15.8. The Bertz CT molecular complexity index is 654. The van der Waals surface area contributed by atoms with Gasteiger partial charge in [0.2, 0.25) is 0 Å². The summed E-state index contributed by atoms with van der Waals surface area (Å²) in [5.74, 6) is -0.205. The molecule has 2 amide bonds. The molecule has 26 heavy (non-hydrogen) atoms. The number of nitrogens with zero attached hydrogens (tertiary/aromatic N) is 2. The molecule has 0 unspecified atom stereocenters. The number of likely N-dealkylation sites (tertiary alicyclic amines) is 1. The van der Waals surface area contributed by atoms with Gasteiger partial charge in [0.25, 0.3) is 0 Å². The van der Waals surface area contributed by atoms with Gasteiger partial charge in [-0.15, -0.1) is 0 Å². The summed E-state index contributed by atoms with van der Waals surface area (Å²) in [6.45, 7) is 5.07. The molecule has 1 aromatic rings. The first-order valence-electron chi connectivity index (χ1n) is 9.61. The van der Waals surface area contributed by atoms with Crippen LogP contribution in [0.1, 0.15) is 37.3 Å². The number of hydrogen-bond donors (Lipinski definition) is 1. The summed E-state index contributed by atoms with van der Waals surface area (Å²) < 4.78 is 5.07. The van der Waals surface area contributed by atoms with Crippen LogP contribution in [0.4, 0.5) is 10.5 Å². The molecule has 0 aliphatic carbocycles. The molecule has 0 saturated carbocycles. The van der Waals surface area contributed by atoms with Gasteiger partial charge in [-0.05, 0) is 49.8 Å². The largest absolute Gasteiger partial charge is 0.466 e. The fraction of sp³-hybridized carbons (Fsp3) is 0.600. The smallest absolute Gasteiger partial charge is 0.317 e. The molecule has 3 rings (SSSR count). The van der Waals surface area contributed by atoms with Crippen LogP contribution in [0, 0.1) is 5.92 Å². The molecule has 1 aromatic carbocycles. The number of piperidine rings is 1. The van der Waals surface area contributed by atoms with E-state index in [2.05, 4.69) is 35.5 Å².